The number of fused-ring (bicyclic) bond motifs is 9. The maximum atomic E-state index is 6.96. The van der Waals surface area contributed by atoms with Gasteiger partial charge in [-0.2, -0.15) is 0 Å². The maximum Gasteiger partial charge on any atom is 0.145 e. The van der Waals surface area contributed by atoms with Crippen LogP contribution in [-0.4, -0.2) is 4.57 Å². The Morgan fingerprint density at radius 3 is 1.71 bits per heavy atom. The van der Waals surface area contributed by atoms with Crippen molar-refractivity contribution in [3.63, 3.8) is 0 Å². The van der Waals surface area contributed by atoms with Crippen molar-refractivity contribution in [2.75, 3.05) is 4.90 Å². The van der Waals surface area contributed by atoms with Crippen LogP contribution in [0.25, 0.3) is 93.2 Å². The van der Waals surface area contributed by atoms with E-state index in [1.54, 1.807) is 0 Å². The second-order valence-corrected chi connectivity index (χ2v) is 15.2. The van der Waals surface area contributed by atoms with Crippen LogP contribution < -0.4 is 4.90 Å². The molecule has 276 valence electrons. The molecule has 0 amide bonds. The van der Waals surface area contributed by atoms with E-state index in [4.69, 9.17) is 4.42 Å². The Labute approximate surface area is 341 Å². The smallest absolute Gasteiger partial charge is 0.145 e. The largest absolute Gasteiger partial charge is 0.455 e. The number of benzene rings is 10. The zero-order valence-electron chi connectivity index (χ0n) is 32.1. The molecule has 3 heteroatoms. The third-order valence-electron chi connectivity index (χ3n) is 12.0. The lowest BCUT2D eigenvalue weighted by molar-refractivity contribution is 0.670. The van der Waals surface area contributed by atoms with Crippen molar-refractivity contribution in [3.8, 4) is 27.9 Å². The van der Waals surface area contributed by atoms with E-state index in [0.717, 1.165) is 66.8 Å². The van der Waals surface area contributed by atoms with Crippen molar-refractivity contribution in [3.05, 3.63) is 218 Å². The van der Waals surface area contributed by atoms with Crippen LogP contribution >= 0.6 is 0 Å². The standard InChI is InChI=1S/C56H36N2O/c1-2-17-39(18-3-1)57(40-32-30-37(31-33-40)49-36-38-16-4-5-19-41(38)42-20-6-7-21-43(42)49)53-35-34-47-46-24-11-15-29-54(46)59-56(47)55(53)48-25-10-14-28-52(48)58-50-26-12-8-22-44(50)45-23-9-13-27-51(45)58/h1-36H. The number of para-hydroxylation sites is 5. The summed E-state index contributed by atoms with van der Waals surface area (Å²) in [6, 6.07) is 78.6. The lowest BCUT2D eigenvalue weighted by Crippen LogP contribution is -2.11. The number of furan rings is 1. The van der Waals surface area contributed by atoms with Crippen molar-refractivity contribution in [2.24, 2.45) is 0 Å². The molecule has 0 fully saturated rings. The highest BCUT2D eigenvalue weighted by atomic mass is 16.3. The first-order valence-corrected chi connectivity index (χ1v) is 20.2. The summed E-state index contributed by atoms with van der Waals surface area (Å²) < 4.78 is 9.38. The van der Waals surface area contributed by atoms with Crippen molar-refractivity contribution in [1.29, 1.82) is 0 Å². The third-order valence-corrected chi connectivity index (χ3v) is 12.0. The fourth-order valence-corrected chi connectivity index (χ4v) is 9.37. The van der Waals surface area contributed by atoms with Gasteiger partial charge in [0.2, 0.25) is 0 Å². The SMILES string of the molecule is c1ccc(N(c2ccc(-c3cc4ccccc4c4ccccc34)cc2)c2ccc3c(oc4ccccc43)c2-c2ccccc2-n2c3ccccc3c3ccccc32)cc1. The van der Waals surface area contributed by atoms with Crippen LogP contribution in [0, 0.1) is 0 Å². The summed E-state index contributed by atoms with van der Waals surface area (Å²) in [5, 5.41) is 9.66. The van der Waals surface area contributed by atoms with Gasteiger partial charge in [0.25, 0.3) is 0 Å². The number of hydrogen-bond donors (Lipinski definition) is 0. The molecule has 12 aromatic rings. The van der Waals surface area contributed by atoms with Gasteiger partial charge < -0.3 is 13.9 Å². The van der Waals surface area contributed by atoms with Crippen LogP contribution in [0.3, 0.4) is 0 Å². The number of aromatic nitrogens is 1. The van der Waals surface area contributed by atoms with Crippen LogP contribution in [0.4, 0.5) is 17.1 Å². The molecular weight excluding hydrogens is 717 g/mol. The van der Waals surface area contributed by atoms with Gasteiger partial charge in [-0.25, -0.2) is 0 Å². The molecule has 0 bridgehead atoms. The molecule has 3 nitrogen and oxygen atoms in total. The average molecular weight is 753 g/mol. The summed E-state index contributed by atoms with van der Waals surface area (Å²) in [6.45, 7) is 0. The van der Waals surface area contributed by atoms with Crippen molar-refractivity contribution < 1.29 is 4.42 Å². The minimum Gasteiger partial charge on any atom is -0.455 e. The molecule has 0 aliphatic heterocycles. The Bertz CT molecular complexity index is 3500. The number of nitrogens with zero attached hydrogens (tertiary/aromatic N) is 2. The summed E-state index contributed by atoms with van der Waals surface area (Å²) in [7, 11) is 0. The molecule has 12 rings (SSSR count). The average Bonchev–Trinajstić information content (AvgIpc) is 3.85. The summed E-state index contributed by atoms with van der Waals surface area (Å²) in [5.41, 5.74) is 12.8. The first-order chi connectivity index (χ1) is 29.3. The quantitative estimate of drug-likeness (QED) is 0.158. The second kappa shape index (κ2) is 13.4. The van der Waals surface area contributed by atoms with Gasteiger partial charge in [-0.1, -0.05) is 152 Å². The summed E-state index contributed by atoms with van der Waals surface area (Å²) >= 11 is 0. The van der Waals surface area contributed by atoms with E-state index in [2.05, 4.69) is 222 Å². The topological polar surface area (TPSA) is 21.3 Å². The number of hydrogen-bond acceptors (Lipinski definition) is 2. The van der Waals surface area contributed by atoms with Gasteiger partial charge in [0.1, 0.15) is 11.2 Å². The van der Waals surface area contributed by atoms with Gasteiger partial charge in [-0.05, 0) is 99.4 Å². The lowest BCUT2D eigenvalue weighted by Gasteiger charge is -2.29. The fourth-order valence-electron chi connectivity index (χ4n) is 9.37. The van der Waals surface area contributed by atoms with Gasteiger partial charge in [0.15, 0.2) is 0 Å². The Morgan fingerprint density at radius 2 is 0.949 bits per heavy atom. The molecule has 0 aliphatic rings. The highest BCUT2D eigenvalue weighted by Crippen LogP contribution is 2.49. The van der Waals surface area contributed by atoms with Gasteiger partial charge in [-0.3, -0.25) is 0 Å². The Hall–Kier alpha value is -7.88. The van der Waals surface area contributed by atoms with Crippen LogP contribution in [0.15, 0.2) is 223 Å². The van der Waals surface area contributed by atoms with Crippen molar-refractivity contribution in [1.82, 2.24) is 4.57 Å². The van der Waals surface area contributed by atoms with E-state index in [1.807, 2.05) is 6.07 Å². The molecule has 0 spiro atoms. The van der Waals surface area contributed by atoms with E-state index in [0.29, 0.717) is 0 Å². The van der Waals surface area contributed by atoms with Gasteiger partial charge in [-0.15, -0.1) is 0 Å². The third kappa shape index (κ3) is 5.22. The van der Waals surface area contributed by atoms with Crippen molar-refractivity contribution in [2.45, 2.75) is 0 Å². The predicted octanol–water partition coefficient (Wildman–Crippen LogP) is 15.8. The molecule has 0 saturated carbocycles. The minimum atomic E-state index is 0.858. The van der Waals surface area contributed by atoms with E-state index in [-0.39, 0.29) is 0 Å². The fraction of sp³-hybridized carbons (Fsp3) is 0. The van der Waals surface area contributed by atoms with E-state index < -0.39 is 0 Å². The first-order valence-electron chi connectivity index (χ1n) is 20.2. The minimum absolute atomic E-state index is 0.858. The van der Waals surface area contributed by atoms with Gasteiger partial charge in [0, 0.05) is 38.5 Å². The lowest BCUT2D eigenvalue weighted by atomic mass is 9.93. The van der Waals surface area contributed by atoms with Crippen LogP contribution in [0.2, 0.25) is 0 Å². The molecule has 0 unspecified atom stereocenters. The molecular formula is C56H36N2O. The van der Waals surface area contributed by atoms with E-state index in [1.165, 1.54) is 43.4 Å². The normalized spacial score (nSPS) is 11.7. The summed E-state index contributed by atoms with van der Waals surface area (Å²) in [5.74, 6) is 0. The molecule has 2 aromatic heterocycles. The van der Waals surface area contributed by atoms with Gasteiger partial charge >= 0.3 is 0 Å². The molecule has 0 saturated heterocycles. The molecule has 0 radical (unpaired) electrons. The first kappa shape index (κ1) is 33.3. The Morgan fingerprint density at radius 1 is 0.373 bits per heavy atom. The van der Waals surface area contributed by atoms with Gasteiger partial charge in [0.05, 0.1) is 28.0 Å². The molecule has 0 atom stereocenters. The molecule has 2 heterocycles. The second-order valence-electron chi connectivity index (χ2n) is 15.2. The zero-order chi connectivity index (χ0) is 38.9. The van der Waals surface area contributed by atoms with Crippen LogP contribution in [0.1, 0.15) is 0 Å². The summed E-state index contributed by atoms with van der Waals surface area (Å²) in [6.07, 6.45) is 0. The molecule has 59 heavy (non-hydrogen) atoms. The Balaban J connectivity index is 1.12. The highest BCUT2D eigenvalue weighted by Gasteiger charge is 2.25. The summed E-state index contributed by atoms with van der Waals surface area (Å²) in [4.78, 5) is 2.38. The highest BCUT2D eigenvalue weighted by molar-refractivity contribution is 6.16. The van der Waals surface area contributed by atoms with E-state index >= 15 is 0 Å². The van der Waals surface area contributed by atoms with Crippen LogP contribution in [-0.2, 0) is 0 Å². The maximum absolute atomic E-state index is 6.96. The van der Waals surface area contributed by atoms with Crippen LogP contribution in [0.5, 0.6) is 0 Å². The molecule has 0 N–H and O–H groups in total. The molecule has 10 aromatic carbocycles. The van der Waals surface area contributed by atoms with Crippen molar-refractivity contribution >= 4 is 82.4 Å². The predicted molar refractivity (Wildman–Crippen MR) is 249 cm³/mol. The Kier molecular flexibility index (Phi) is 7.54. The monoisotopic (exact) mass is 752 g/mol. The molecule has 0 aliphatic carbocycles. The zero-order valence-corrected chi connectivity index (χ0v) is 32.1. The number of rotatable bonds is 6. The van der Waals surface area contributed by atoms with E-state index in [9.17, 15) is 0 Å². The number of anilines is 3.